The van der Waals surface area contributed by atoms with Crippen molar-refractivity contribution in [2.24, 2.45) is 11.7 Å². The van der Waals surface area contributed by atoms with E-state index in [1.54, 1.807) is 0 Å². The zero-order chi connectivity index (χ0) is 12.7. The molecule has 0 aromatic heterocycles. The molecule has 0 radical (unpaired) electrons. The van der Waals surface area contributed by atoms with E-state index in [1.807, 2.05) is 13.8 Å². The van der Waals surface area contributed by atoms with E-state index in [0.29, 0.717) is 0 Å². The third kappa shape index (κ3) is 5.07. The van der Waals surface area contributed by atoms with Gasteiger partial charge in [0.2, 0.25) is 0 Å². The second-order valence-electron chi connectivity index (χ2n) is 5.32. The predicted molar refractivity (Wildman–Crippen MR) is 69.6 cm³/mol. The van der Waals surface area contributed by atoms with Crippen molar-refractivity contribution in [2.45, 2.75) is 77.4 Å². The number of carbonyl (C=O) groups excluding carboxylic acids is 1. The van der Waals surface area contributed by atoms with Crippen LogP contribution in [0.15, 0.2) is 0 Å². The van der Waals surface area contributed by atoms with Crippen LogP contribution < -0.4 is 5.73 Å². The van der Waals surface area contributed by atoms with Crippen LogP contribution in [-0.2, 0) is 9.53 Å². The Hall–Kier alpha value is -0.570. The van der Waals surface area contributed by atoms with E-state index in [9.17, 15) is 4.79 Å². The molecule has 0 spiro atoms. The van der Waals surface area contributed by atoms with Gasteiger partial charge in [0.1, 0.15) is 12.1 Å². The first-order valence-electron chi connectivity index (χ1n) is 7.11. The lowest BCUT2D eigenvalue weighted by Crippen LogP contribution is -2.40. The maximum absolute atomic E-state index is 11.9. The number of rotatable bonds is 4. The van der Waals surface area contributed by atoms with Gasteiger partial charge in [-0.1, -0.05) is 39.5 Å². The smallest absolute Gasteiger partial charge is 0.323 e. The molecule has 0 amide bonds. The highest BCUT2D eigenvalue weighted by Crippen LogP contribution is 2.20. The highest BCUT2D eigenvalue weighted by molar-refractivity contribution is 5.76. The third-order valence-electron chi connectivity index (χ3n) is 3.86. The average molecular weight is 241 g/mol. The van der Waals surface area contributed by atoms with Crippen LogP contribution in [0.3, 0.4) is 0 Å². The molecular formula is C14H27NO2. The van der Waals surface area contributed by atoms with Gasteiger partial charge in [0.05, 0.1) is 0 Å². The van der Waals surface area contributed by atoms with Crippen LogP contribution in [0.5, 0.6) is 0 Å². The van der Waals surface area contributed by atoms with Crippen molar-refractivity contribution in [3.05, 3.63) is 0 Å². The van der Waals surface area contributed by atoms with Crippen molar-refractivity contribution in [2.75, 3.05) is 0 Å². The summed E-state index contributed by atoms with van der Waals surface area (Å²) in [4.78, 5) is 11.9. The monoisotopic (exact) mass is 241 g/mol. The van der Waals surface area contributed by atoms with Crippen LogP contribution in [0.25, 0.3) is 0 Å². The first kappa shape index (κ1) is 14.5. The minimum atomic E-state index is -0.453. The van der Waals surface area contributed by atoms with Gasteiger partial charge in [0.25, 0.3) is 0 Å². The molecule has 0 unspecified atom stereocenters. The van der Waals surface area contributed by atoms with Crippen LogP contribution >= 0.6 is 0 Å². The number of hydrogen-bond acceptors (Lipinski definition) is 3. The average Bonchev–Trinajstić information content (AvgIpc) is 2.30. The van der Waals surface area contributed by atoms with Gasteiger partial charge in [-0.25, -0.2) is 0 Å². The van der Waals surface area contributed by atoms with Gasteiger partial charge in [-0.05, 0) is 31.6 Å². The Labute approximate surface area is 105 Å². The van der Waals surface area contributed by atoms with E-state index in [2.05, 4.69) is 0 Å². The standard InChI is InChI=1S/C14H27NO2/c1-3-11(2)13(15)14(16)17-12-9-7-5-4-6-8-10-12/h11-13H,3-10,15H2,1-2H3/t11-,13-/m0/s1. The molecule has 1 rings (SSSR count). The molecule has 2 N–H and O–H groups in total. The fourth-order valence-electron chi connectivity index (χ4n) is 2.27. The van der Waals surface area contributed by atoms with Crippen LogP contribution in [-0.4, -0.2) is 18.1 Å². The molecule has 0 aromatic carbocycles. The first-order valence-corrected chi connectivity index (χ1v) is 7.11. The zero-order valence-corrected chi connectivity index (χ0v) is 11.3. The highest BCUT2D eigenvalue weighted by atomic mass is 16.5. The molecule has 0 saturated heterocycles. The molecule has 3 heteroatoms. The van der Waals surface area contributed by atoms with E-state index >= 15 is 0 Å². The van der Waals surface area contributed by atoms with Crippen molar-refractivity contribution < 1.29 is 9.53 Å². The largest absolute Gasteiger partial charge is 0.461 e. The van der Waals surface area contributed by atoms with Crippen LogP contribution in [0.1, 0.15) is 65.2 Å². The lowest BCUT2D eigenvalue weighted by Gasteiger charge is -2.23. The Kier molecular flexibility index (Phi) is 6.56. The summed E-state index contributed by atoms with van der Waals surface area (Å²) >= 11 is 0. The van der Waals surface area contributed by atoms with Crippen LogP contribution in [0.2, 0.25) is 0 Å². The topological polar surface area (TPSA) is 52.3 Å². The molecule has 1 aliphatic carbocycles. The lowest BCUT2D eigenvalue weighted by atomic mass is 9.97. The van der Waals surface area contributed by atoms with Gasteiger partial charge in [0.15, 0.2) is 0 Å². The summed E-state index contributed by atoms with van der Waals surface area (Å²) in [5.41, 5.74) is 5.88. The second kappa shape index (κ2) is 7.70. The Morgan fingerprint density at radius 1 is 1.24 bits per heavy atom. The van der Waals surface area contributed by atoms with Gasteiger partial charge < -0.3 is 10.5 Å². The minimum absolute atomic E-state index is 0.109. The summed E-state index contributed by atoms with van der Waals surface area (Å²) in [5, 5.41) is 0. The van der Waals surface area contributed by atoms with Crippen molar-refractivity contribution in [1.82, 2.24) is 0 Å². The molecule has 0 aliphatic heterocycles. The molecule has 100 valence electrons. The molecule has 3 nitrogen and oxygen atoms in total. The maximum Gasteiger partial charge on any atom is 0.323 e. The molecule has 1 fully saturated rings. The van der Waals surface area contributed by atoms with E-state index < -0.39 is 6.04 Å². The van der Waals surface area contributed by atoms with Crippen molar-refractivity contribution in [3.63, 3.8) is 0 Å². The summed E-state index contributed by atoms with van der Waals surface area (Å²) in [5.74, 6) is 0.000907. The molecule has 2 atom stereocenters. The van der Waals surface area contributed by atoms with Crippen molar-refractivity contribution in [3.8, 4) is 0 Å². The zero-order valence-electron chi connectivity index (χ0n) is 11.3. The number of nitrogens with two attached hydrogens (primary N) is 1. The van der Waals surface area contributed by atoms with E-state index in [-0.39, 0.29) is 18.0 Å². The molecule has 1 saturated carbocycles. The number of ether oxygens (including phenoxy) is 1. The first-order chi connectivity index (χ1) is 8.15. The number of hydrogen-bond donors (Lipinski definition) is 1. The summed E-state index contributed by atoms with van der Waals surface area (Å²) in [6.45, 7) is 4.05. The Morgan fingerprint density at radius 3 is 2.29 bits per heavy atom. The lowest BCUT2D eigenvalue weighted by molar-refractivity contribution is -0.152. The van der Waals surface area contributed by atoms with Crippen LogP contribution in [0, 0.1) is 5.92 Å². The fraction of sp³-hybridized carbons (Fsp3) is 0.929. The number of carbonyl (C=O) groups is 1. The minimum Gasteiger partial charge on any atom is -0.461 e. The molecular weight excluding hydrogens is 214 g/mol. The molecule has 17 heavy (non-hydrogen) atoms. The fourth-order valence-corrected chi connectivity index (χ4v) is 2.27. The second-order valence-corrected chi connectivity index (χ2v) is 5.32. The van der Waals surface area contributed by atoms with Gasteiger partial charge in [0, 0.05) is 0 Å². The van der Waals surface area contributed by atoms with Gasteiger partial charge >= 0.3 is 5.97 Å². The SMILES string of the molecule is CC[C@H](C)[C@H](N)C(=O)OC1CCCCCCC1. The molecule has 1 aliphatic rings. The van der Waals surface area contributed by atoms with Crippen molar-refractivity contribution in [1.29, 1.82) is 0 Å². The Balaban J connectivity index is 2.37. The van der Waals surface area contributed by atoms with Crippen molar-refractivity contribution >= 4 is 5.97 Å². The van der Waals surface area contributed by atoms with Gasteiger partial charge in [-0.3, -0.25) is 4.79 Å². The van der Waals surface area contributed by atoms with E-state index in [4.69, 9.17) is 10.5 Å². The quantitative estimate of drug-likeness (QED) is 0.770. The summed E-state index contributed by atoms with van der Waals surface area (Å²) in [6, 6.07) is -0.453. The van der Waals surface area contributed by atoms with E-state index in [0.717, 1.165) is 19.3 Å². The van der Waals surface area contributed by atoms with Gasteiger partial charge in [-0.15, -0.1) is 0 Å². The predicted octanol–water partition coefficient (Wildman–Crippen LogP) is 3.02. The number of esters is 1. The normalized spacial score (nSPS) is 22.3. The summed E-state index contributed by atoms with van der Waals surface area (Å²) < 4.78 is 5.55. The summed E-state index contributed by atoms with van der Waals surface area (Å²) in [7, 11) is 0. The Morgan fingerprint density at radius 2 is 1.76 bits per heavy atom. The highest BCUT2D eigenvalue weighted by Gasteiger charge is 2.24. The Bertz CT molecular complexity index is 222. The molecule has 0 bridgehead atoms. The molecule has 0 heterocycles. The summed E-state index contributed by atoms with van der Waals surface area (Å²) in [6.07, 6.45) is 9.27. The van der Waals surface area contributed by atoms with Crippen LogP contribution in [0.4, 0.5) is 0 Å². The van der Waals surface area contributed by atoms with E-state index in [1.165, 1.54) is 32.1 Å². The van der Waals surface area contributed by atoms with Gasteiger partial charge in [-0.2, -0.15) is 0 Å². The third-order valence-corrected chi connectivity index (χ3v) is 3.86. The molecule has 0 aromatic rings. The maximum atomic E-state index is 11.9.